The van der Waals surface area contributed by atoms with Crippen LogP contribution in [0.2, 0.25) is 0 Å². The van der Waals surface area contributed by atoms with Gasteiger partial charge in [-0.3, -0.25) is 4.79 Å². The minimum absolute atomic E-state index is 0.0714. The van der Waals surface area contributed by atoms with Crippen molar-refractivity contribution >= 4 is 5.97 Å². The molecule has 1 aliphatic rings. The van der Waals surface area contributed by atoms with Gasteiger partial charge in [0, 0.05) is 12.0 Å². The number of carbonyl (C=O) groups excluding carboxylic acids is 1. The minimum Gasteiger partial charge on any atom is -0.460 e. The molecule has 172 valence electrons. The highest BCUT2D eigenvalue weighted by molar-refractivity contribution is 5.70. The first-order valence-corrected chi connectivity index (χ1v) is 12.1. The van der Waals surface area contributed by atoms with Crippen molar-refractivity contribution in [2.45, 2.75) is 129 Å². The third kappa shape index (κ3) is 9.15. The van der Waals surface area contributed by atoms with Gasteiger partial charge in [-0.2, -0.15) is 4.98 Å². The molecule has 1 aliphatic carbocycles. The lowest BCUT2D eigenvalue weighted by atomic mass is 9.84. The molecule has 2 rings (SSSR count). The first-order valence-electron chi connectivity index (χ1n) is 12.1. The largest absolute Gasteiger partial charge is 0.460 e. The van der Waals surface area contributed by atoms with E-state index in [4.69, 9.17) is 9.26 Å². The molecule has 0 bridgehead atoms. The molecule has 0 amide bonds. The topological polar surface area (TPSA) is 77.2 Å². The van der Waals surface area contributed by atoms with Crippen LogP contribution in [0, 0.1) is 5.92 Å². The van der Waals surface area contributed by atoms with Crippen LogP contribution in [0.25, 0.3) is 0 Å². The maximum Gasteiger partial charge on any atom is 0.307 e. The molecule has 0 unspecified atom stereocenters. The van der Waals surface area contributed by atoms with Crippen LogP contribution in [0.5, 0.6) is 0 Å². The van der Waals surface area contributed by atoms with Gasteiger partial charge in [0.25, 0.3) is 0 Å². The summed E-state index contributed by atoms with van der Waals surface area (Å²) in [5.74, 6) is 1.81. The second-order valence-corrected chi connectivity index (χ2v) is 9.87. The molecule has 0 aliphatic heterocycles. The molecule has 1 fully saturated rings. The lowest BCUT2D eigenvalue weighted by Gasteiger charge is -2.23. The lowest BCUT2D eigenvalue weighted by molar-refractivity contribution is -0.155. The summed E-state index contributed by atoms with van der Waals surface area (Å²) in [5, 5.41) is 7.63. The quantitative estimate of drug-likeness (QED) is 0.422. The number of carbonyl (C=O) groups is 1. The number of hydrogen-bond acceptors (Lipinski definition) is 6. The predicted molar refractivity (Wildman–Crippen MR) is 119 cm³/mol. The molecule has 1 aromatic rings. The summed E-state index contributed by atoms with van der Waals surface area (Å²) in [6, 6.07) is 0.458. The Bertz CT molecular complexity index is 613. The third-order valence-corrected chi connectivity index (χ3v) is 6.09. The summed E-state index contributed by atoms with van der Waals surface area (Å²) < 4.78 is 11.2. The highest BCUT2D eigenvalue weighted by atomic mass is 16.6. The van der Waals surface area contributed by atoms with Crippen molar-refractivity contribution in [2.75, 3.05) is 0 Å². The number of esters is 1. The van der Waals surface area contributed by atoms with E-state index in [9.17, 15) is 4.79 Å². The van der Waals surface area contributed by atoms with Gasteiger partial charge in [0.15, 0.2) is 5.82 Å². The van der Waals surface area contributed by atoms with E-state index in [1.807, 2.05) is 20.8 Å². The molecule has 6 nitrogen and oxygen atoms in total. The first kappa shape index (κ1) is 24.8. The number of nitrogens with one attached hydrogen (secondary N) is 1. The second-order valence-electron chi connectivity index (χ2n) is 9.87. The van der Waals surface area contributed by atoms with Crippen molar-refractivity contribution in [1.29, 1.82) is 0 Å². The summed E-state index contributed by atoms with van der Waals surface area (Å²) in [7, 11) is 0. The highest BCUT2D eigenvalue weighted by Crippen LogP contribution is 2.31. The van der Waals surface area contributed by atoms with Crippen molar-refractivity contribution in [3.05, 3.63) is 11.7 Å². The van der Waals surface area contributed by atoms with E-state index >= 15 is 0 Å². The molecule has 0 spiro atoms. The van der Waals surface area contributed by atoms with Gasteiger partial charge in [0.05, 0.1) is 13.0 Å². The Morgan fingerprint density at radius 3 is 2.53 bits per heavy atom. The average Bonchev–Trinajstić information content (AvgIpc) is 3.16. The third-order valence-electron chi connectivity index (χ3n) is 6.09. The predicted octanol–water partition coefficient (Wildman–Crippen LogP) is 5.91. The molecule has 1 saturated carbocycles. The van der Waals surface area contributed by atoms with Gasteiger partial charge < -0.3 is 14.6 Å². The number of rotatable bonds is 12. The summed E-state index contributed by atoms with van der Waals surface area (Å²) in [6.45, 7) is 10.6. The zero-order valence-electron chi connectivity index (χ0n) is 19.8. The van der Waals surface area contributed by atoms with Crippen LogP contribution in [0.15, 0.2) is 4.52 Å². The Morgan fingerprint density at radius 1 is 1.20 bits per heavy atom. The summed E-state index contributed by atoms with van der Waals surface area (Å²) >= 11 is 0. The summed E-state index contributed by atoms with van der Waals surface area (Å²) in [4.78, 5) is 17.1. The number of aromatic nitrogens is 2. The van der Waals surface area contributed by atoms with Gasteiger partial charge in [-0.15, -0.1) is 0 Å². The van der Waals surface area contributed by atoms with Gasteiger partial charge in [0.1, 0.15) is 5.60 Å². The van der Waals surface area contributed by atoms with Crippen LogP contribution in [0.4, 0.5) is 0 Å². The smallest absolute Gasteiger partial charge is 0.307 e. The first-order chi connectivity index (χ1) is 14.3. The van der Waals surface area contributed by atoms with E-state index in [1.54, 1.807) is 0 Å². The fraction of sp³-hybridized carbons (Fsp3) is 0.875. The van der Waals surface area contributed by atoms with E-state index in [2.05, 4.69) is 29.3 Å². The van der Waals surface area contributed by atoms with Crippen LogP contribution in [0.3, 0.4) is 0 Å². The van der Waals surface area contributed by atoms with Crippen LogP contribution in [-0.4, -0.2) is 27.8 Å². The van der Waals surface area contributed by atoms with E-state index in [1.165, 1.54) is 38.5 Å². The highest BCUT2D eigenvalue weighted by Gasteiger charge is 2.26. The van der Waals surface area contributed by atoms with E-state index < -0.39 is 5.60 Å². The Morgan fingerprint density at radius 2 is 1.90 bits per heavy atom. The number of ether oxygens (including phenoxy) is 1. The molecule has 1 aromatic heterocycles. The molecule has 30 heavy (non-hydrogen) atoms. The normalized spacial score (nSPS) is 16.7. The van der Waals surface area contributed by atoms with Gasteiger partial charge >= 0.3 is 5.97 Å². The van der Waals surface area contributed by atoms with E-state index in [0.717, 1.165) is 31.6 Å². The van der Waals surface area contributed by atoms with Gasteiger partial charge in [-0.05, 0) is 46.0 Å². The maximum absolute atomic E-state index is 12.5. The van der Waals surface area contributed by atoms with Gasteiger partial charge in [-0.25, -0.2) is 0 Å². The zero-order valence-corrected chi connectivity index (χ0v) is 19.8. The van der Waals surface area contributed by atoms with Gasteiger partial charge in [-0.1, -0.05) is 63.9 Å². The molecule has 1 atom stereocenters. The summed E-state index contributed by atoms with van der Waals surface area (Å²) in [5.41, 5.74) is -0.483. The molecule has 1 heterocycles. The van der Waals surface area contributed by atoms with Gasteiger partial charge in [0.2, 0.25) is 5.89 Å². The zero-order chi connectivity index (χ0) is 22.0. The Balaban J connectivity index is 1.96. The fourth-order valence-electron chi connectivity index (χ4n) is 4.34. The lowest BCUT2D eigenvalue weighted by Crippen LogP contribution is -2.27. The molecule has 6 heteroatoms. The van der Waals surface area contributed by atoms with Crippen LogP contribution < -0.4 is 5.32 Å². The van der Waals surface area contributed by atoms with Crippen molar-refractivity contribution in [2.24, 2.45) is 5.92 Å². The van der Waals surface area contributed by atoms with Crippen LogP contribution >= 0.6 is 0 Å². The standard InChI is InChI=1S/C24H43N3O3/c1-6-20(7-2)25-17-21-26-23(30-27-21)19(16-22(28)29-24(3,4)5)15-11-14-18-12-9-8-10-13-18/h18-20,25H,6-17H2,1-5H3/t19-/m1/s1. The molecule has 0 saturated heterocycles. The van der Waals surface area contributed by atoms with E-state index in [0.29, 0.717) is 30.7 Å². The average molecular weight is 422 g/mol. The SMILES string of the molecule is CCC(CC)NCc1noc([C@H](CCCC2CCCCC2)CC(=O)OC(C)(C)C)n1. The molecule has 0 radical (unpaired) electrons. The molecule has 0 aromatic carbocycles. The molecule has 1 N–H and O–H groups in total. The Kier molecular flexibility index (Phi) is 10.3. The van der Waals surface area contributed by atoms with Crippen LogP contribution in [0.1, 0.15) is 123 Å². The van der Waals surface area contributed by atoms with Crippen molar-refractivity contribution in [3.8, 4) is 0 Å². The molecular weight excluding hydrogens is 378 g/mol. The number of nitrogens with zero attached hydrogens (tertiary/aromatic N) is 2. The summed E-state index contributed by atoms with van der Waals surface area (Å²) in [6.07, 6.45) is 12.4. The maximum atomic E-state index is 12.5. The molecular formula is C24H43N3O3. The van der Waals surface area contributed by atoms with Crippen molar-refractivity contribution in [3.63, 3.8) is 0 Å². The van der Waals surface area contributed by atoms with Crippen molar-refractivity contribution in [1.82, 2.24) is 15.5 Å². The van der Waals surface area contributed by atoms with E-state index in [-0.39, 0.29) is 11.9 Å². The van der Waals surface area contributed by atoms with Crippen LogP contribution in [-0.2, 0) is 16.1 Å². The van der Waals surface area contributed by atoms with Crippen molar-refractivity contribution < 1.29 is 14.1 Å². The second kappa shape index (κ2) is 12.4. The Labute approximate surface area is 182 Å². The Hall–Kier alpha value is -1.43. The minimum atomic E-state index is -0.483. The monoisotopic (exact) mass is 421 g/mol. The number of hydrogen-bond donors (Lipinski definition) is 1. The fourth-order valence-corrected chi connectivity index (χ4v) is 4.34.